The lowest BCUT2D eigenvalue weighted by Crippen LogP contribution is -2.29. The molecule has 1 atom stereocenters. The van der Waals surface area contributed by atoms with E-state index >= 15 is 0 Å². The maximum Gasteiger partial charge on any atom is 0.254 e. The summed E-state index contributed by atoms with van der Waals surface area (Å²) in [7, 11) is 1.83. The van der Waals surface area contributed by atoms with Gasteiger partial charge in [-0.25, -0.2) is 0 Å². The lowest BCUT2D eigenvalue weighted by molar-refractivity contribution is -0.116. The molecule has 1 aliphatic rings. The minimum absolute atomic E-state index is 0.000556. The molecule has 1 aromatic carbocycles. The fourth-order valence-electron chi connectivity index (χ4n) is 2.62. The molecule has 2 heterocycles. The predicted molar refractivity (Wildman–Crippen MR) is 88.2 cm³/mol. The molecule has 0 fully saturated rings. The third kappa shape index (κ3) is 2.76. The van der Waals surface area contributed by atoms with Crippen LogP contribution in [0.3, 0.4) is 0 Å². The summed E-state index contributed by atoms with van der Waals surface area (Å²) in [6, 6.07) is 9.59. The Morgan fingerprint density at radius 1 is 1.32 bits per heavy atom. The quantitative estimate of drug-likeness (QED) is 0.943. The molecule has 0 aliphatic carbocycles. The van der Waals surface area contributed by atoms with Crippen LogP contribution in [-0.2, 0) is 11.2 Å². The van der Waals surface area contributed by atoms with Crippen molar-refractivity contribution in [2.45, 2.75) is 25.8 Å². The summed E-state index contributed by atoms with van der Waals surface area (Å²) >= 11 is 1.65. The van der Waals surface area contributed by atoms with Crippen LogP contribution in [0.1, 0.15) is 40.2 Å². The predicted octanol–water partition coefficient (Wildman–Crippen LogP) is 3.47. The number of thiophene rings is 1. The van der Waals surface area contributed by atoms with Gasteiger partial charge in [-0.1, -0.05) is 6.07 Å². The SMILES string of the molecule is CC(c1cccs1)N(C)C(=O)c1ccc2c(c1)CCC(=O)N2. The topological polar surface area (TPSA) is 49.4 Å². The Morgan fingerprint density at radius 2 is 2.14 bits per heavy atom. The van der Waals surface area contributed by atoms with Gasteiger partial charge in [0.1, 0.15) is 0 Å². The number of fused-ring (bicyclic) bond motifs is 1. The molecule has 1 unspecified atom stereocenters. The Kier molecular flexibility index (Phi) is 3.98. The number of amides is 2. The zero-order chi connectivity index (χ0) is 15.7. The summed E-state index contributed by atoms with van der Waals surface area (Å²) in [5.74, 6) is 0.0376. The Morgan fingerprint density at radius 3 is 2.86 bits per heavy atom. The summed E-state index contributed by atoms with van der Waals surface area (Å²) in [4.78, 5) is 27.0. The van der Waals surface area contributed by atoms with Crippen LogP contribution in [0.4, 0.5) is 5.69 Å². The molecule has 1 aromatic heterocycles. The van der Waals surface area contributed by atoms with Gasteiger partial charge in [-0.05, 0) is 48.6 Å². The minimum atomic E-state index is 0.000556. The molecule has 2 amide bonds. The molecule has 22 heavy (non-hydrogen) atoms. The lowest BCUT2D eigenvalue weighted by Gasteiger charge is -2.25. The molecule has 0 bridgehead atoms. The van der Waals surface area contributed by atoms with E-state index in [1.165, 1.54) is 4.88 Å². The van der Waals surface area contributed by atoms with E-state index in [0.717, 1.165) is 11.3 Å². The number of carbonyl (C=O) groups excluding carboxylic acids is 2. The molecule has 0 saturated carbocycles. The fourth-order valence-corrected chi connectivity index (χ4v) is 3.44. The molecular weight excluding hydrogens is 296 g/mol. The van der Waals surface area contributed by atoms with E-state index in [2.05, 4.69) is 5.32 Å². The van der Waals surface area contributed by atoms with Crippen LogP contribution in [0.25, 0.3) is 0 Å². The van der Waals surface area contributed by atoms with Crippen molar-refractivity contribution in [3.8, 4) is 0 Å². The van der Waals surface area contributed by atoms with Gasteiger partial charge in [-0.2, -0.15) is 0 Å². The van der Waals surface area contributed by atoms with Gasteiger partial charge < -0.3 is 10.2 Å². The van der Waals surface area contributed by atoms with E-state index in [4.69, 9.17) is 0 Å². The third-order valence-electron chi connectivity index (χ3n) is 4.10. The van der Waals surface area contributed by atoms with Crippen LogP contribution < -0.4 is 5.32 Å². The highest BCUT2D eigenvalue weighted by Gasteiger charge is 2.22. The van der Waals surface area contributed by atoms with Crippen molar-refractivity contribution in [3.05, 3.63) is 51.7 Å². The number of anilines is 1. The smallest absolute Gasteiger partial charge is 0.254 e. The molecule has 3 rings (SSSR count). The number of hydrogen-bond donors (Lipinski definition) is 1. The van der Waals surface area contributed by atoms with Gasteiger partial charge in [0.05, 0.1) is 6.04 Å². The van der Waals surface area contributed by atoms with Crippen molar-refractivity contribution in [1.29, 1.82) is 0 Å². The number of carbonyl (C=O) groups is 2. The Balaban J connectivity index is 1.81. The number of rotatable bonds is 3. The molecule has 0 saturated heterocycles. The fraction of sp³-hybridized carbons (Fsp3) is 0.294. The number of nitrogens with one attached hydrogen (secondary N) is 1. The highest BCUT2D eigenvalue weighted by molar-refractivity contribution is 7.10. The highest BCUT2D eigenvalue weighted by atomic mass is 32.1. The zero-order valence-electron chi connectivity index (χ0n) is 12.6. The number of aryl methyl sites for hydroxylation is 1. The van der Waals surface area contributed by atoms with E-state index < -0.39 is 0 Å². The van der Waals surface area contributed by atoms with Crippen LogP contribution in [0.2, 0.25) is 0 Å². The summed E-state index contributed by atoms with van der Waals surface area (Å²) < 4.78 is 0. The van der Waals surface area contributed by atoms with Crippen LogP contribution in [0.5, 0.6) is 0 Å². The first-order valence-corrected chi connectivity index (χ1v) is 8.17. The molecule has 114 valence electrons. The first kappa shape index (κ1) is 14.8. The van der Waals surface area contributed by atoms with Crippen LogP contribution >= 0.6 is 11.3 Å². The van der Waals surface area contributed by atoms with E-state index in [0.29, 0.717) is 18.4 Å². The van der Waals surface area contributed by atoms with Gasteiger partial charge in [0.15, 0.2) is 0 Å². The van der Waals surface area contributed by atoms with Crippen molar-refractivity contribution in [3.63, 3.8) is 0 Å². The average molecular weight is 314 g/mol. The molecule has 1 N–H and O–H groups in total. The molecule has 1 aliphatic heterocycles. The normalized spacial score (nSPS) is 14.9. The molecule has 0 spiro atoms. The third-order valence-corrected chi connectivity index (χ3v) is 5.15. The molecule has 0 radical (unpaired) electrons. The van der Waals surface area contributed by atoms with Crippen molar-refractivity contribution >= 4 is 28.8 Å². The van der Waals surface area contributed by atoms with Crippen LogP contribution in [0.15, 0.2) is 35.7 Å². The summed E-state index contributed by atoms with van der Waals surface area (Å²) in [6.45, 7) is 2.03. The first-order chi connectivity index (χ1) is 10.6. The van der Waals surface area contributed by atoms with Gasteiger partial charge in [-0.15, -0.1) is 11.3 Å². The second kappa shape index (κ2) is 5.93. The second-order valence-corrected chi connectivity index (χ2v) is 6.51. The van der Waals surface area contributed by atoms with Crippen LogP contribution in [-0.4, -0.2) is 23.8 Å². The lowest BCUT2D eigenvalue weighted by atomic mass is 10.00. The molecule has 5 heteroatoms. The van der Waals surface area contributed by atoms with Gasteiger partial charge >= 0.3 is 0 Å². The Labute approximate surface area is 133 Å². The van der Waals surface area contributed by atoms with Gasteiger partial charge in [0.2, 0.25) is 5.91 Å². The summed E-state index contributed by atoms with van der Waals surface area (Å²) in [5.41, 5.74) is 2.52. The van der Waals surface area contributed by atoms with Crippen molar-refractivity contribution in [1.82, 2.24) is 4.90 Å². The van der Waals surface area contributed by atoms with E-state index in [9.17, 15) is 9.59 Å². The number of hydrogen-bond acceptors (Lipinski definition) is 3. The zero-order valence-corrected chi connectivity index (χ0v) is 13.4. The molecule has 4 nitrogen and oxygen atoms in total. The first-order valence-electron chi connectivity index (χ1n) is 7.29. The van der Waals surface area contributed by atoms with Crippen LogP contribution in [0, 0.1) is 0 Å². The van der Waals surface area contributed by atoms with Gasteiger partial charge in [-0.3, -0.25) is 9.59 Å². The van der Waals surface area contributed by atoms with Crippen molar-refractivity contribution in [2.24, 2.45) is 0 Å². The summed E-state index contributed by atoms with van der Waals surface area (Å²) in [5, 5.41) is 4.86. The number of benzene rings is 1. The Hall–Kier alpha value is -2.14. The second-order valence-electron chi connectivity index (χ2n) is 5.53. The average Bonchev–Trinajstić information content (AvgIpc) is 3.06. The summed E-state index contributed by atoms with van der Waals surface area (Å²) in [6.07, 6.45) is 1.17. The van der Waals surface area contributed by atoms with Crippen molar-refractivity contribution in [2.75, 3.05) is 12.4 Å². The highest BCUT2D eigenvalue weighted by Crippen LogP contribution is 2.27. The number of nitrogens with zero attached hydrogens (tertiary/aromatic N) is 1. The van der Waals surface area contributed by atoms with Gasteiger partial charge in [0, 0.05) is 29.6 Å². The maximum absolute atomic E-state index is 12.7. The van der Waals surface area contributed by atoms with Crippen molar-refractivity contribution < 1.29 is 9.59 Å². The standard InChI is InChI=1S/C17H18N2O2S/c1-11(15-4-3-9-22-15)19(2)17(21)13-5-7-14-12(10-13)6-8-16(20)18-14/h3-5,7,9-11H,6,8H2,1-2H3,(H,18,20). The molecular formula is C17H18N2O2S. The minimum Gasteiger partial charge on any atom is -0.334 e. The Bertz CT molecular complexity index is 709. The van der Waals surface area contributed by atoms with E-state index in [-0.39, 0.29) is 17.9 Å². The monoisotopic (exact) mass is 314 g/mol. The maximum atomic E-state index is 12.7. The van der Waals surface area contributed by atoms with E-state index in [1.54, 1.807) is 22.3 Å². The molecule has 2 aromatic rings. The van der Waals surface area contributed by atoms with E-state index in [1.807, 2.05) is 43.6 Å². The van der Waals surface area contributed by atoms with Gasteiger partial charge in [0.25, 0.3) is 5.91 Å². The largest absolute Gasteiger partial charge is 0.334 e.